The van der Waals surface area contributed by atoms with Gasteiger partial charge in [-0.25, -0.2) is 4.79 Å². The molecule has 0 saturated carbocycles. The predicted molar refractivity (Wildman–Crippen MR) is 69.0 cm³/mol. The Morgan fingerprint density at radius 1 is 1.24 bits per heavy atom. The second-order valence-electron chi connectivity index (χ2n) is 3.39. The third-order valence-electron chi connectivity index (χ3n) is 2.07. The summed E-state index contributed by atoms with van der Waals surface area (Å²) in [5, 5.41) is 0.735. The number of ketones is 1. The van der Waals surface area contributed by atoms with Crippen LogP contribution in [0, 0.1) is 0 Å². The molecule has 0 radical (unpaired) electrons. The number of hydrogen-bond acceptors (Lipinski definition) is 3. The molecule has 1 aromatic carbocycles. The van der Waals surface area contributed by atoms with Gasteiger partial charge in [0.25, 0.3) is 0 Å². The van der Waals surface area contributed by atoms with E-state index in [1.165, 1.54) is 0 Å². The lowest BCUT2D eigenvalue weighted by Gasteiger charge is -2.05. The van der Waals surface area contributed by atoms with Gasteiger partial charge >= 0.3 is 5.97 Å². The van der Waals surface area contributed by atoms with Gasteiger partial charge in [-0.15, -0.1) is 0 Å². The minimum Gasteiger partial charge on any atom is -0.420 e. The van der Waals surface area contributed by atoms with Crippen molar-refractivity contribution in [2.24, 2.45) is 0 Å². The summed E-state index contributed by atoms with van der Waals surface area (Å²) in [4.78, 5) is 23.1. The first-order valence-electron chi connectivity index (χ1n) is 5.20. The van der Waals surface area contributed by atoms with Gasteiger partial charge in [-0.05, 0) is 18.6 Å². The molecule has 0 aromatic heterocycles. The van der Waals surface area contributed by atoms with Crippen LogP contribution in [-0.4, -0.2) is 17.1 Å². The SMILES string of the molecule is C=C(OC(=O)c1ccccc1)C(=O)CCCBr. The summed E-state index contributed by atoms with van der Waals surface area (Å²) in [6.07, 6.45) is 1.02. The Hall–Kier alpha value is -1.42. The van der Waals surface area contributed by atoms with Crippen LogP contribution in [0.25, 0.3) is 0 Å². The Labute approximate surface area is 109 Å². The van der Waals surface area contributed by atoms with Gasteiger partial charge in [0, 0.05) is 11.8 Å². The molecular weight excluding hydrogens is 284 g/mol. The van der Waals surface area contributed by atoms with Crippen LogP contribution in [0.5, 0.6) is 0 Å². The Morgan fingerprint density at radius 3 is 2.47 bits per heavy atom. The first-order valence-corrected chi connectivity index (χ1v) is 6.32. The number of carbonyl (C=O) groups is 2. The number of alkyl halides is 1. The minimum atomic E-state index is -0.553. The molecule has 17 heavy (non-hydrogen) atoms. The fourth-order valence-electron chi connectivity index (χ4n) is 1.17. The van der Waals surface area contributed by atoms with Crippen LogP contribution in [0.4, 0.5) is 0 Å². The van der Waals surface area contributed by atoms with E-state index in [9.17, 15) is 9.59 Å². The smallest absolute Gasteiger partial charge is 0.343 e. The maximum absolute atomic E-state index is 11.6. The highest BCUT2D eigenvalue weighted by Gasteiger charge is 2.13. The van der Waals surface area contributed by atoms with E-state index in [4.69, 9.17) is 4.74 Å². The van der Waals surface area contributed by atoms with Gasteiger partial charge in [-0.1, -0.05) is 40.7 Å². The summed E-state index contributed by atoms with van der Waals surface area (Å²) < 4.78 is 4.90. The zero-order valence-electron chi connectivity index (χ0n) is 9.32. The average Bonchev–Trinajstić information content (AvgIpc) is 2.36. The molecule has 1 rings (SSSR count). The summed E-state index contributed by atoms with van der Waals surface area (Å²) in [6.45, 7) is 3.47. The van der Waals surface area contributed by atoms with E-state index in [-0.39, 0.29) is 11.5 Å². The predicted octanol–water partition coefficient (Wildman–Crippen LogP) is 3.10. The van der Waals surface area contributed by atoms with E-state index in [0.29, 0.717) is 18.4 Å². The van der Waals surface area contributed by atoms with Crippen LogP contribution < -0.4 is 0 Å². The highest BCUT2D eigenvalue weighted by Crippen LogP contribution is 2.08. The molecule has 0 amide bonds. The van der Waals surface area contributed by atoms with Crippen molar-refractivity contribution in [2.75, 3.05) is 5.33 Å². The van der Waals surface area contributed by atoms with Gasteiger partial charge in [0.15, 0.2) is 11.5 Å². The molecule has 90 valence electrons. The summed E-state index contributed by atoms with van der Waals surface area (Å²) in [5.41, 5.74) is 0.405. The van der Waals surface area contributed by atoms with Crippen LogP contribution in [0.1, 0.15) is 23.2 Å². The zero-order chi connectivity index (χ0) is 12.7. The van der Waals surface area contributed by atoms with Gasteiger partial charge in [-0.2, -0.15) is 0 Å². The van der Waals surface area contributed by atoms with Crippen molar-refractivity contribution in [3.05, 3.63) is 48.2 Å². The lowest BCUT2D eigenvalue weighted by molar-refractivity contribution is -0.118. The normalized spacial score (nSPS) is 9.71. The molecule has 0 atom stereocenters. The van der Waals surface area contributed by atoms with Crippen LogP contribution in [0.15, 0.2) is 42.7 Å². The summed E-state index contributed by atoms with van der Waals surface area (Å²) in [7, 11) is 0. The number of rotatable bonds is 6. The fraction of sp³-hybridized carbons (Fsp3) is 0.231. The molecule has 0 spiro atoms. The number of esters is 1. The molecule has 0 N–H and O–H groups in total. The van der Waals surface area contributed by atoms with Crippen LogP contribution in [0.2, 0.25) is 0 Å². The highest BCUT2D eigenvalue weighted by atomic mass is 79.9. The molecule has 0 unspecified atom stereocenters. The van der Waals surface area contributed by atoms with E-state index in [2.05, 4.69) is 22.5 Å². The maximum Gasteiger partial charge on any atom is 0.343 e. The zero-order valence-corrected chi connectivity index (χ0v) is 10.9. The number of hydrogen-bond donors (Lipinski definition) is 0. The minimum absolute atomic E-state index is 0.0974. The molecule has 0 aliphatic heterocycles. The number of benzene rings is 1. The van der Waals surface area contributed by atoms with Gasteiger partial charge in [0.1, 0.15) is 0 Å². The first kappa shape index (κ1) is 13.6. The fourth-order valence-corrected chi connectivity index (χ4v) is 1.45. The molecule has 0 aliphatic rings. The Bertz CT molecular complexity index is 412. The highest BCUT2D eigenvalue weighted by molar-refractivity contribution is 9.09. The lowest BCUT2D eigenvalue weighted by Crippen LogP contribution is -2.11. The molecule has 0 aliphatic carbocycles. The topological polar surface area (TPSA) is 43.4 Å². The van der Waals surface area contributed by atoms with Gasteiger partial charge in [-0.3, -0.25) is 4.79 Å². The monoisotopic (exact) mass is 296 g/mol. The average molecular weight is 297 g/mol. The van der Waals surface area contributed by atoms with E-state index >= 15 is 0 Å². The van der Waals surface area contributed by atoms with Crippen molar-refractivity contribution in [3.63, 3.8) is 0 Å². The largest absolute Gasteiger partial charge is 0.420 e. The second-order valence-corrected chi connectivity index (χ2v) is 4.19. The van der Waals surface area contributed by atoms with Gasteiger partial charge in [0.2, 0.25) is 0 Å². The molecule has 0 bridgehead atoms. The first-order chi connectivity index (χ1) is 8.15. The summed E-state index contributed by atoms with van der Waals surface area (Å²) >= 11 is 3.22. The van der Waals surface area contributed by atoms with Crippen molar-refractivity contribution in [1.29, 1.82) is 0 Å². The molecule has 0 fully saturated rings. The van der Waals surface area contributed by atoms with Crippen LogP contribution >= 0.6 is 15.9 Å². The van der Waals surface area contributed by atoms with E-state index in [1.807, 2.05) is 0 Å². The van der Waals surface area contributed by atoms with Crippen molar-refractivity contribution in [3.8, 4) is 0 Å². The van der Waals surface area contributed by atoms with Gasteiger partial charge < -0.3 is 4.74 Å². The third kappa shape index (κ3) is 4.53. The van der Waals surface area contributed by atoms with Crippen LogP contribution in [0.3, 0.4) is 0 Å². The summed E-state index contributed by atoms with van der Waals surface area (Å²) in [6, 6.07) is 8.50. The number of allylic oxidation sites excluding steroid dienone is 1. The van der Waals surface area contributed by atoms with Crippen LogP contribution in [-0.2, 0) is 9.53 Å². The van der Waals surface area contributed by atoms with E-state index < -0.39 is 5.97 Å². The quantitative estimate of drug-likeness (QED) is 0.351. The summed E-state index contributed by atoms with van der Waals surface area (Å²) in [5.74, 6) is -0.892. The van der Waals surface area contributed by atoms with Crippen molar-refractivity contribution in [1.82, 2.24) is 0 Å². The number of halogens is 1. The van der Waals surface area contributed by atoms with E-state index in [1.54, 1.807) is 30.3 Å². The number of ether oxygens (including phenoxy) is 1. The maximum atomic E-state index is 11.6. The van der Waals surface area contributed by atoms with Gasteiger partial charge in [0.05, 0.1) is 5.56 Å². The van der Waals surface area contributed by atoms with Crippen molar-refractivity contribution in [2.45, 2.75) is 12.8 Å². The lowest BCUT2D eigenvalue weighted by atomic mass is 10.2. The van der Waals surface area contributed by atoms with Crippen molar-refractivity contribution < 1.29 is 14.3 Å². The Balaban J connectivity index is 2.52. The van der Waals surface area contributed by atoms with E-state index in [0.717, 1.165) is 5.33 Å². The molecule has 0 saturated heterocycles. The molecule has 0 heterocycles. The Morgan fingerprint density at radius 2 is 1.88 bits per heavy atom. The second kappa shape index (κ2) is 7.01. The third-order valence-corrected chi connectivity index (χ3v) is 2.63. The van der Waals surface area contributed by atoms with Crippen molar-refractivity contribution >= 4 is 27.7 Å². The molecule has 1 aromatic rings. The molecule has 3 nitrogen and oxygen atoms in total. The Kier molecular flexibility index (Phi) is 5.63. The molecular formula is C13H13BrO3. The number of Topliss-reactive ketones (excluding diaryl/α,β-unsaturated/α-hetero) is 1. The molecule has 4 heteroatoms. The standard InChI is InChI=1S/C13H13BrO3/c1-10(12(15)8-5-9-14)17-13(16)11-6-3-2-4-7-11/h2-4,6-7H,1,5,8-9H2. The number of carbonyl (C=O) groups excluding carboxylic acids is 2.